The van der Waals surface area contributed by atoms with Gasteiger partial charge in [0.15, 0.2) is 11.5 Å². The van der Waals surface area contributed by atoms with Gasteiger partial charge in [0.2, 0.25) is 0 Å². The number of phenols is 2. The van der Waals surface area contributed by atoms with Gasteiger partial charge in [0.25, 0.3) is 5.56 Å². The zero-order chi connectivity index (χ0) is 19.3. The molecule has 2 N–H and O–H groups in total. The molecule has 136 valence electrons. The van der Waals surface area contributed by atoms with E-state index in [1.807, 2.05) is 48.5 Å². The van der Waals surface area contributed by atoms with Crippen LogP contribution in [0.1, 0.15) is 5.56 Å². The van der Waals surface area contributed by atoms with Crippen molar-refractivity contribution in [2.45, 2.75) is 6.54 Å². The minimum absolute atomic E-state index is 0.123. The summed E-state index contributed by atoms with van der Waals surface area (Å²) in [7, 11) is 0. The first kappa shape index (κ1) is 16.4. The Morgan fingerprint density at radius 2 is 1.21 bits per heavy atom. The molecule has 0 atom stereocenters. The number of aromatic hydroxyl groups is 2. The highest BCUT2D eigenvalue weighted by molar-refractivity contribution is 6.20. The molecular weight excluding hydrogens is 350 g/mol. The van der Waals surface area contributed by atoms with Gasteiger partial charge in [-0.05, 0) is 11.6 Å². The summed E-state index contributed by atoms with van der Waals surface area (Å²) < 4.78 is 1.69. The fourth-order valence-electron chi connectivity index (χ4n) is 3.98. The van der Waals surface area contributed by atoms with Gasteiger partial charge >= 0.3 is 0 Å². The summed E-state index contributed by atoms with van der Waals surface area (Å²) in [6.45, 7) is 0.370. The summed E-state index contributed by atoms with van der Waals surface area (Å²) in [4.78, 5) is 13.4. The van der Waals surface area contributed by atoms with Crippen LogP contribution in [0.4, 0.5) is 0 Å². The Kier molecular flexibility index (Phi) is 3.59. The van der Waals surface area contributed by atoms with Crippen LogP contribution in [-0.4, -0.2) is 14.8 Å². The highest BCUT2D eigenvalue weighted by atomic mass is 16.3. The smallest absolute Gasteiger partial charge is 0.259 e. The number of pyridine rings is 1. The van der Waals surface area contributed by atoms with Crippen LogP contribution < -0.4 is 5.56 Å². The van der Waals surface area contributed by atoms with E-state index in [-0.39, 0.29) is 17.1 Å². The highest BCUT2D eigenvalue weighted by Gasteiger charge is 2.20. The maximum absolute atomic E-state index is 13.4. The molecule has 0 unspecified atom stereocenters. The monoisotopic (exact) mass is 367 g/mol. The van der Waals surface area contributed by atoms with Gasteiger partial charge in [-0.2, -0.15) is 0 Å². The van der Waals surface area contributed by atoms with Crippen LogP contribution in [-0.2, 0) is 6.54 Å². The molecule has 0 aliphatic rings. The van der Waals surface area contributed by atoms with E-state index in [0.717, 1.165) is 10.9 Å². The minimum Gasteiger partial charge on any atom is -0.504 e. The maximum Gasteiger partial charge on any atom is 0.259 e. The average Bonchev–Trinajstić information content (AvgIpc) is 2.75. The Morgan fingerprint density at radius 3 is 1.93 bits per heavy atom. The first-order valence-corrected chi connectivity index (χ1v) is 9.08. The minimum atomic E-state index is -0.202. The van der Waals surface area contributed by atoms with E-state index >= 15 is 0 Å². The second-order valence-corrected chi connectivity index (χ2v) is 6.89. The molecule has 4 aromatic carbocycles. The fraction of sp³-hybridized carbons (Fsp3) is 0.0417. The Bertz CT molecular complexity index is 1420. The Morgan fingerprint density at radius 1 is 0.643 bits per heavy atom. The van der Waals surface area contributed by atoms with Gasteiger partial charge in [0.05, 0.1) is 17.4 Å². The molecule has 1 aromatic heterocycles. The summed E-state index contributed by atoms with van der Waals surface area (Å²) >= 11 is 0. The maximum atomic E-state index is 13.4. The van der Waals surface area contributed by atoms with Crippen LogP contribution in [0.2, 0.25) is 0 Å². The number of hydrogen-bond acceptors (Lipinski definition) is 3. The van der Waals surface area contributed by atoms with Crippen molar-refractivity contribution >= 4 is 32.4 Å². The lowest BCUT2D eigenvalue weighted by atomic mass is 9.98. The molecule has 0 saturated heterocycles. The molecule has 0 amide bonds. The molecular formula is C24H17NO3. The standard InChI is InChI=1S/C24H17NO3/c26-22-18-12-6-5-11-17(18)21-20(23(22)27)16-10-4-7-13-19(16)24(28)25(21)14-15-8-2-1-3-9-15/h1-13,26-27H,14H2. The van der Waals surface area contributed by atoms with Crippen molar-refractivity contribution in [2.24, 2.45) is 0 Å². The Hall–Kier alpha value is -3.79. The predicted octanol–water partition coefficient (Wildman–Crippen LogP) is 4.77. The first-order valence-electron chi connectivity index (χ1n) is 9.08. The molecule has 0 spiro atoms. The fourth-order valence-corrected chi connectivity index (χ4v) is 3.98. The zero-order valence-corrected chi connectivity index (χ0v) is 15.0. The third-order valence-corrected chi connectivity index (χ3v) is 5.26. The van der Waals surface area contributed by atoms with Crippen molar-refractivity contribution < 1.29 is 10.2 Å². The number of hydrogen-bond donors (Lipinski definition) is 2. The quantitative estimate of drug-likeness (QED) is 0.349. The second kappa shape index (κ2) is 6.13. The molecule has 0 aliphatic heterocycles. The SMILES string of the molecule is O=c1c2ccccc2c2c(O)c(O)c3ccccc3c2n1Cc1ccccc1. The van der Waals surface area contributed by atoms with E-state index in [2.05, 4.69) is 0 Å². The molecule has 28 heavy (non-hydrogen) atoms. The van der Waals surface area contributed by atoms with Crippen molar-refractivity contribution in [1.82, 2.24) is 4.57 Å². The second-order valence-electron chi connectivity index (χ2n) is 6.89. The summed E-state index contributed by atoms with van der Waals surface area (Å²) in [6.07, 6.45) is 0. The number of fused-ring (bicyclic) bond motifs is 5. The molecule has 4 nitrogen and oxygen atoms in total. The molecule has 5 rings (SSSR count). The number of benzene rings is 4. The van der Waals surface area contributed by atoms with E-state index in [9.17, 15) is 15.0 Å². The van der Waals surface area contributed by atoms with Crippen LogP contribution in [0.3, 0.4) is 0 Å². The molecule has 0 radical (unpaired) electrons. The van der Waals surface area contributed by atoms with E-state index in [4.69, 9.17) is 0 Å². The van der Waals surface area contributed by atoms with Gasteiger partial charge in [-0.25, -0.2) is 0 Å². The molecule has 0 saturated carbocycles. The lowest BCUT2D eigenvalue weighted by Gasteiger charge is -2.17. The van der Waals surface area contributed by atoms with E-state index < -0.39 is 0 Å². The molecule has 5 aromatic rings. The molecule has 0 aliphatic carbocycles. The van der Waals surface area contributed by atoms with Gasteiger partial charge in [0.1, 0.15) is 0 Å². The normalized spacial score (nSPS) is 11.4. The lowest BCUT2D eigenvalue weighted by Crippen LogP contribution is -2.21. The van der Waals surface area contributed by atoms with Crippen LogP contribution in [0, 0.1) is 0 Å². The molecule has 4 heteroatoms. The van der Waals surface area contributed by atoms with Gasteiger partial charge in [-0.1, -0.05) is 72.8 Å². The van der Waals surface area contributed by atoms with Crippen LogP contribution >= 0.6 is 0 Å². The van der Waals surface area contributed by atoms with E-state index in [1.165, 1.54) is 0 Å². The van der Waals surface area contributed by atoms with Gasteiger partial charge in [-0.15, -0.1) is 0 Å². The third-order valence-electron chi connectivity index (χ3n) is 5.26. The number of aromatic nitrogens is 1. The van der Waals surface area contributed by atoms with Gasteiger partial charge in [0, 0.05) is 21.5 Å². The average molecular weight is 367 g/mol. The summed E-state index contributed by atoms with van der Waals surface area (Å²) in [6, 6.07) is 24.2. The Balaban J connectivity index is 2.05. The van der Waals surface area contributed by atoms with Crippen molar-refractivity contribution in [3.05, 3.63) is 94.8 Å². The topological polar surface area (TPSA) is 62.5 Å². The molecule has 0 bridgehead atoms. The number of nitrogens with zero attached hydrogens (tertiary/aromatic N) is 1. The largest absolute Gasteiger partial charge is 0.504 e. The molecule has 0 fully saturated rings. The third kappa shape index (κ3) is 2.28. The summed E-state index contributed by atoms with van der Waals surface area (Å²) in [5, 5.41) is 24.4. The zero-order valence-electron chi connectivity index (χ0n) is 15.0. The van der Waals surface area contributed by atoms with Crippen molar-refractivity contribution in [3.63, 3.8) is 0 Å². The van der Waals surface area contributed by atoms with Crippen molar-refractivity contribution in [2.75, 3.05) is 0 Å². The van der Waals surface area contributed by atoms with E-state index in [0.29, 0.717) is 33.6 Å². The van der Waals surface area contributed by atoms with Crippen LogP contribution in [0.15, 0.2) is 83.7 Å². The number of phenolic OH excluding ortho intramolecular Hbond substituents is 2. The van der Waals surface area contributed by atoms with E-state index in [1.54, 1.807) is 34.9 Å². The van der Waals surface area contributed by atoms with Crippen molar-refractivity contribution in [1.29, 1.82) is 0 Å². The van der Waals surface area contributed by atoms with Crippen molar-refractivity contribution in [3.8, 4) is 11.5 Å². The van der Waals surface area contributed by atoms with Crippen LogP contribution in [0.5, 0.6) is 11.5 Å². The summed E-state index contributed by atoms with van der Waals surface area (Å²) in [5.41, 5.74) is 1.48. The van der Waals surface area contributed by atoms with Gasteiger partial charge in [-0.3, -0.25) is 4.79 Å². The predicted molar refractivity (Wildman–Crippen MR) is 112 cm³/mol. The first-order chi connectivity index (χ1) is 13.7. The van der Waals surface area contributed by atoms with Gasteiger partial charge < -0.3 is 14.8 Å². The summed E-state index contributed by atoms with van der Waals surface area (Å²) in [5.74, 6) is -0.370. The molecule has 1 heterocycles. The highest BCUT2D eigenvalue weighted by Crippen LogP contribution is 2.44. The lowest BCUT2D eigenvalue weighted by molar-refractivity contribution is 0.412. The van der Waals surface area contributed by atoms with Crippen LogP contribution in [0.25, 0.3) is 32.4 Å². The number of rotatable bonds is 2. The Labute approximate surface area is 160 Å².